The first-order chi connectivity index (χ1) is 8.12. The van der Waals surface area contributed by atoms with Gasteiger partial charge in [-0.15, -0.1) is 0 Å². The van der Waals surface area contributed by atoms with E-state index in [9.17, 15) is 15.3 Å². The highest BCUT2D eigenvalue weighted by Crippen LogP contribution is 2.23. The minimum atomic E-state index is -1.22. The van der Waals surface area contributed by atoms with Crippen molar-refractivity contribution in [2.75, 3.05) is 25.1 Å². The van der Waals surface area contributed by atoms with Crippen molar-refractivity contribution in [2.45, 2.75) is 18.9 Å². The van der Waals surface area contributed by atoms with Gasteiger partial charge in [0.15, 0.2) is 0 Å². The average molecular weight is 262 g/mol. The van der Waals surface area contributed by atoms with Crippen molar-refractivity contribution >= 4 is 17.4 Å². The van der Waals surface area contributed by atoms with Gasteiger partial charge in [-0.25, -0.2) is 9.97 Å². The molecule has 17 heavy (non-hydrogen) atoms. The van der Waals surface area contributed by atoms with Crippen molar-refractivity contribution in [3.63, 3.8) is 0 Å². The highest BCUT2D eigenvalue weighted by atomic mass is 35.5. The molecule has 1 heterocycles. The summed E-state index contributed by atoms with van der Waals surface area (Å²) in [7, 11) is 0. The fraction of sp³-hybridized carbons (Fsp3) is 0.600. The lowest BCUT2D eigenvalue weighted by molar-refractivity contribution is 0.0830. The Morgan fingerprint density at radius 1 is 1.24 bits per heavy atom. The second-order valence-corrected chi connectivity index (χ2v) is 4.08. The molecule has 0 aromatic carbocycles. The van der Waals surface area contributed by atoms with Crippen molar-refractivity contribution in [1.82, 2.24) is 9.97 Å². The summed E-state index contributed by atoms with van der Waals surface area (Å²) in [5.74, 6) is 0.407. The van der Waals surface area contributed by atoms with E-state index in [1.807, 2.05) is 6.92 Å². The molecule has 0 saturated carbocycles. The minimum Gasteiger partial charge on any atom is -0.394 e. The molecule has 0 aliphatic heterocycles. The van der Waals surface area contributed by atoms with Gasteiger partial charge in [0.05, 0.1) is 19.8 Å². The van der Waals surface area contributed by atoms with Gasteiger partial charge in [0.2, 0.25) is 0 Å². The smallest absolute Gasteiger partial charge is 0.137 e. The van der Waals surface area contributed by atoms with Gasteiger partial charge in [-0.3, -0.25) is 0 Å². The lowest BCUT2D eigenvalue weighted by atomic mass is 10.0. The summed E-state index contributed by atoms with van der Waals surface area (Å²) < 4.78 is 0. The van der Waals surface area contributed by atoms with Crippen LogP contribution < -0.4 is 5.32 Å². The molecule has 0 spiro atoms. The summed E-state index contributed by atoms with van der Waals surface area (Å²) >= 11 is 5.91. The summed E-state index contributed by atoms with van der Waals surface area (Å²) in [4.78, 5) is 7.84. The topological polar surface area (TPSA) is 98.5 Å². The van der Waals surface area contributed by atoms with Crippen LogP contribution in [0.15, 0.2) is 6.33 Å². The minimum absolute atomic E-state index is 0.313. The molecule has 1 rings (SSSR count). The SMILES string of the molecule is CCc1c(Cl)ncnc1NC(CO)(CO)CO. The van der Waals surface area contributed by atoms with Gasteiger partial charge in [-0.1, -0.05) is 18.5 Å². The first kappa shape index (κ1) is 14.1. The average Bonchev–Trinajstić information content (AvgIpc) is 2.36. The lowest BCUT2D eigenvalue weighted by Gasteiger charge is -2.30. The van der Waals surface area contributed by atoms with Crippen molar-refractivity contribution in [3.8, 4) is 0 Å². The molecular weight excluding hydrogens is 246 g/mol. The number of aromatic nitrogens is 2. The van der Waals surface area contributed by atoms with Crippen LogP contribution >= 0.6 is 11.6 Å². The molecule has 96 valence electrons. The van der Waals surface area contributed by atoms with Gasteiger partial charge < -0.3 is 20.6 Å². The standard InChI is InChI=1S/C10H16ClN3O3/c1-2-7-8(11)12-6-13-9(7)14-10(3-15,4-16)5-17/h6,15-17H,2-5H2,1H3,(H,12,13,14). The molecule has 0 unspecified atom stereocenters. The number of nitrogens with zero attached hydrogens (tertiary/aromatic N) is 2. The van der Waals surface area contributed by atoms with E-state index in [0.29, 0.717) is 23.0 Å². The van der Waals surface area contributed by atoms with E-state index in [0.717, 1.165) is 0 Å². The van der Waals surface area contributed by atoms with Crippen LogP contribution in [0.1, 0.15) is 12.5 Å². The van der Waals surface area contributed by atoms with E-state index in [4.69, 9.17) is 11.6 Å². The Bertz CT molecular complexity index is 364. The van der Waals surface area contributed by atoms with Crippen LogP contribution in [-0.4, -0.2) is 50.6 Å². The van der Waals surface area contributed by atoms with Gasteiger partial charge in [0.1, 0.15) is 22.8 Å². The van der Waals surface area contributed by atoms with Gasteiger partial charge in [-0.05, 0) is 6.42 Å². The summed E-state index contributed by atoms with van der Waals surface area (Å²) in [6.45, 7) is 0.606. The predicted octanol–water partition coefficient (Wildman–Crippen LogP) is -0.180. The van der Waals surface area contributed by atoms with Crippen molar-refractivity contribution in [2.24, 2.45) is 0 Å². The highest BCUT2D eigenvalue weighted by molar-refractivity contribution is 6.30. The second-order valence-electron chi connectivity index (χ2n) is 3.72. The van der Waals surface area contributed by atoms with Crippen LogP contribution in [0.25, 0.3) is 0 Å². The fourth-order valence-corrected chi connectivity index (χ4v) is 1.60. The van der Waals surface area contributed by atoms with Crippen LogP contribution in [0.5, 0.6) is 0 Å². The van der Waals surface area contributed by atoms with Gasteiger partial charge in [0, 0.05) is 5.56 Å². The summed E-state index contributed by atoms with van der Waals surface area (Å²) in [5, 5.41) is 30.8. The Hall–Kier alpha value is -0.950. The summed E-state index contributed by atoms with van der Waals surface area (Å²) in [6, 6.07) is 0. The van der Waals surface area contributed by atoms with Crippen LogP contribution in [-0.2, 0) is 6.42 Å². The maximum absolute atomic E-state index is 9.21. The maximum atomic E-state index is 9.21. The molecule has 1 aromatic rings. The molecule has 4 N–H and O–H groups in total. The normalized spacial score (nSPS) is 11.6. The number of rotatable bonds is 6. The largest absolute Gasteiger partial charge is 0.394 e. The third-order valence-corrected chi connectivity index (χ3v) is 2.86. The number of hydrogen-bond donors (Lipinski definition) is 4. The van der Waals surface area contributed by atoms with Crippen LogP contribution in [0.4, 0.5) is 5.82 Å². The van der Waals surface area contributed by atoms with E-state index < -0.39 is 25.4 Å². The maximum Gasteiger partial charge on any atom is 0.137 e. The molecule has 0 amide bonds. The second kappa shape index (κ2) is 6.11. The Kier molecular flexibility index (Phi) is 5.07. The molecule has 0 radical (unpaired) electrons. The Morgan fingerprint density at radius 3 is 2.29 bits per heavy atom. The van der Waals surface area contributed by atoms with E-state index in [1.54, 1.807) is 0 Å². The highest BCUT2D eigenvalue weighted by Gasteiger charge is 2.29. The summed E-state index contributed by atoms with van der Waals surface area (Å²) in [5.41, 5.74) is -0.546. The molecule has 1 aromatic heterocycles. The quantitative estimate of drug-likeness (QED) is 0.531. The number of aliphatic hydroxyl groups excluding tert-OH is 3. The number of nitrogens with one attached hydrogen (secondary N) is 1. The van der Waals surface area contributed by atoms with Crippen LogP contribution in [0.3, 0.4) is 0 Å². The van der Waals surface area contributed by atoms with Gasteiger partial charge in [-0.2, -0.15) is 0 Å². The van der Waals surface area contributed by atoms with E-state index in [-0.39, 0.29) is 0 Å². The van der Waals surface area contributed by atoms with Crippen LogP contribution in [0, 0.1) is 0 Å². The van der Waals surface area contributed by atoms with E-state index in [2.05, 4.69) is 15.3 Å². The fourth-order valence-electron chi connectivity index (χ4n) is 1.33. The number of aliphatic hydroxyl groups is 3. The molecule has 0 saturated heterocycles. The third kappa shape index (κ3) is 3.04. The zero-order valence-electron chi connectivity index (χ0n) is 9.52. The molecule has 0 atom stereocenters. The molecule has 0 aliphatic rings. The Morgan fingerprint density at radius 2 is 1.82 bits per heavy atom. The van der Waals surface area contributed by atoms with Crippen LogP contribution in [0.2, 0.25) is 5.15 Å². The number of anilines is 1. The molecular formula is C10H16ClN3O3. The molecule has 0 fully saturated rings. The van der Waals surface area contributed by atoms with E-state index in [1.165, 1.54) is 6.33 Å². The first-order valence-electron chi connectivity index (χ1n) is 5.22. The Labute approximate surface area is 104 Å². The van der Waals surface area contributed by atoms with Crippen molar-refractivity contribution < 1.29 is 15.3 Å². The molecule has 0 aliphatic carbocycles. The molecule has 0 bridgehead atoms. The lowest BCUT2D eigenvalue weighted by Crippen LogP contribution is -2.49. The summed E-state index contributed by atoms with van der Waals surface area (Å²) in [6.07, 6.45) is 1.88. The zero-order chi connectivity index (χ0) is 12.9. The third-order valence-electron chi connectivity index (χ3n) is 2.54. The number of halogens is 1. The number of hydrogen-bond acceptors (Lipinski definition) is 6. The van der Waals surface area contributed by atoms with Gasteiger partial charge in [0.25, 0.3) is 0 Å². The molecule has 7 heteroatoms. The van der Waals surface area contributed by atoms with Gasteiger partial charge >= 0.3 is 0 Å². The Balaban J connectivity index is 3.05. The van der Waals surface area contributed by atoms with Crippen molar-refractivity contribution in [3.05, 3.63) is 17.0 Å². The predicted molar refractivity (Wildman–Crippen MR) is 64.0 cm³/mol. The van der Waals surface area contributed by atoms with Crippen molar-refractivity contribution in [1.29, 1.82) is 0 Å². The first-order valence-corrected chi connectivity index (χ1v) is 5.60. The molecule has 6 nitrogen and oxygen atoms in total. The van der Waals surface area contributed by atoms with E-state index >= 15 is 0 Å². The monoisotopic (exact) mass is 261 g/mol. The zero-order valence-corrected chi connectivity index (χ0v) is 10.3.